The van der Waals surface area contributed by atoms with Crippen molar-refractivity contribution in [3.05, 3.63) is 146 Å². The Labute approximate surface area is 221 Å². The molecule has 0 fully saturated rings. The Morgan fingerprint density at radius 2 is 0.974 bits per heavy atom. The van der Waals surface area contributed by atoms with E-state index in [0.29, 0.717) is 0 Å². The first-order valence-corrected chi connectivity index (χ1v) is 12.7. The predicted octanol–water partition coefficient (Wildman–Crippen LogP) is 9.78. The molecule has 0 unspecified atom stereocenters. The first-order chi connectivity index (χ1) is 18.8. The van der Waals surface area contributed by atoms with Crippen LogP contribution in [-0.2, 0) is 0 Å². The molecule has 0 aliphatic heterocycles. The number of aromatic nitrogens is 1. The van der Waals surface area contributed by atoms with E-state index in [1.165, 1.54) is 22.3 Å². The summed E-state index contributed by atoms with van der Waals surface area (Å²) in [7, 11) is 0. The van der Waals surface area contributed by atoms with Gasteiger partial charge in [-0.05, 0) is 64.7 Å². The number of hydrogen-bond acceptors (Lipinski definition) is 3. The molecular weight excluding hydrogens is 464 g/mol. The fraction of sp³-hybridized carbons (Fsp3) is 0. The number of fused-ring (bicyclic) bond motifs is 3. The van der Waals surface area contributed by atoms with E-state index in [-0.39, 0.29) is 0 Å². The third kappa shape index (κ3) is 3.91. The van der Waals surface area contributed by atoms with Crippen molar-refractivity contribution in [3.8, 4) is 22.3 Å². The normalized spacial score (nSPS) is 11.2. The number of furan rings is 1. The van der Waals surface area contributed by atoms with Crippen LogP contribution in [0.25, 0.3) is 44.3 Å². The van der Waals surface area contributed by atoms with Crippen molar-refractivity contribution < 1.29 is 4.42 Å². The Morgan fingerprint density at radius 3 is 1.55 bits per heavy atom. The van der Waals surface area contributed by atoms with Gasteiger partial charge in [-0.15, -0.1) is 0 Å². The van der Waals surface area contributed by atoms with Crippen LogP contribution in [-0.4, -0.2) is 4.98 Å². The molecule has 0 saturated carbocycles. The summed E-state index contributed by atoms with van der Waals surface area (Å²) in [6, 6.07) is 48.4. The lowest BCUT2D eigenvalue weighted by molar-refractivity contribution is 0.668. The molecule has 7 rings (SSSR count). The summed E-state index contributed by atoms with van der Waals surface area (Å²) in [4.78, 5) is 6.93. The van der Waals surface area contributed by atoms with Gasteiger partial charge >= 0.3 is 0 Å². The molecule has 0 aliphatic carbocycles. The maximum atomic E-state index is 6.39. The molecule has 180 valence electrons. The third-order valence-electron chi connectivity index (χ3n) is 6.94. The molecule has 7 aromatic rings. The van der Waals surface area contributed by atoms with Crippen LogP contribution in [0.15, 0.2) is 150 Å². The van der Waals surface area contributed by atoms with E-state index in [0.717, 1.165) is 39.1 Å². The van der Waals surface area contributed by atoms with Crippen LogP contribution >= 0.6 is 0 Å². The van der Waals surface area contributed by atoms with Crippen molar-refractivity contribution in [2.45, 2.75) is 0 Å². The highest BCUT2D eigenvalue weighted by atomic mass is 16.3. The van der Waals surface area contributed by atoms with E-state index in [1.54, 1.807) is 0 Å². The number of rotatable bonds is 5. The van der Waals surface area contributed by atoms with Gasteiger partial charge in [0.15, 0.2) is 5.58 Å². The van der Waals surface area contributed by atoms with Crippen molar-refractivity contribution in [3.63, 3.8) is 0 Å². The van der Waals surface area contributed by atoms with Gasteiger partial charge in [0.2, 0.25) is 0 Å². The molecule has 0 bridgehead atoms. The maximum absolute atomic E-state index is 6.39. The van der Waals surface area contributed by atoms with Crippen LogP contribution in [0.1, 0.15) is 0 Å². The van der Waals surface area contributed by atoms with Gasteiger partial charge in [0, 0.05) is 23.0 Å². The van der Waals surface area contributed by atoms with Crippen LogP contribution in [0.4, 0.5) is 17.1 Å². The minimum Gasteiger partial charge on any atom is -0.452 e. The van der Waals surface area contributed by atoms with E-state index >= 15 is 0 Å². The SMILES string of the molecule is c1ccc(-c2ccc(N(c3ccc(-c4ccccc4)cc3)c3ccnc4c3oc3ccccc34)cc2)cc1. The lowest BCUT2D eigenvalue weighted by Gasteiger charge is -2.25. The number of nitrogens with zero attached hydrogens (tertiary/aromatic N) is 2. The van der Waals surface area contributed by atoms with Crippen LogP contribution < -0.4 is 4.90 Å². The molecule has 3 heteroatoms. The zero-order valence-electron chi connectivity index (χ0n) is 20.7. The van der Waals surface area contributed by atoms with Crippen molar-refractivity contribution in [2.75, 3.05) is 4.90 Å². The van der Waals surface area contributed by atoms with Gasteiger partial charge in [-0.1, -0.05) is 97.1 Å². The lowest BCUT2D eigenvalue weighted by Crippen LogP contribution is -2.10. The summed E-state index contributed by atoms with van der Waals surface area (Å²) in [6.45, 7) is 0. The van der Waals surface area contributed by atoms with Gasteiger partial charge in [0.1, 0.15) is 11.1 Å². The Balaban J connectivity index is 1.39. The van der Waals surface area contributed by atoms with E-state index in [9.17, 15) is 0 Å². The first-order valence-electron chi connectivity index (χ1n) is 12.7. The summed E-state index contributed by atoms with van der Waals surface area (Å²) in [5, 5.41) is 1.02. The zero-order chi connectivity index (χ0) is 25.3. The summed E-state index contributed by atoms with van der Waals surface area (Å²) in [5.41, 5.74) is 10.3. The highest BCUT2D eigenvalue weighted by Gasteiger charge is 2.20. The monoisotopic (exact) mass is 488 g/mol. The molecular formula is C35H24N2O. The summed E-state index contributed by atoms with van der Waals surface area (Å²) < 4.78 is 6.39. The van der Waals surface area contributed by atoms with Crippen LogP contribution in [0.5, 0.6) is 0 Å². The highest BCUT2D eigenvalue weighted by molar-refractivity contribution is 6.08. The highest BCUT2D eigenvalue weighted by Crippen LogP contribution is 2.42. The number of benzene rings is 5. The number of anilines is 3. The summed E-state index contributed by atoms with van der Waals surface area (Å²) >= 11 is 0. The predicted molar refractivity (Wildman–Crippen MR) is 157 cm³/mol. The van der Waals surface area contributed by atoms with Crippen molar-refractivity contribution in [1.29, 1.82) is 0 Å². The van der Waals surface area contributed by atoms with Gasteiger partial charge in [-0.2, -0.15) is 0 Å². The average molecular weight is 489 g/mol. The molecule has 0 atom stereocenters. The van der Waals surface area contributed by atoms with Crippen LogP contribution in [0.3, 0.4) is 0 Å². The molecule has 2 aromatic heterocycles. The van der Waals surface area contributed by atoms with Crippen LogP contribution in [0, 0.1) is 0 Å². The number of para-hydroxylation sites is 1. The fourth-order valence-electron chi connectivity index (χ4n) is 5.06. The number of hydrogen-bond donors (Lipinski definition) is 0. The molecule has 0 aliphatic rings. The molecule has 0 amide bonds. The fourth-order valence-corrected chi connectivity index (χ4v) is 5.06. The Hall–Kier alpha value is -5.15. The molecule has 0 radical (unpaired) electrons. The molecule has 5 aromatic carbocycles. The molecule has 38 heavy (non-hydrogen) atoms. The van der Waals surface area contributed by atoms with Gasteiger partial charge in [-0.25, -0.2) is 0 Å². The smallest absolute Gasteiger partial charge is 0.177 e. The Morgan fingerprint density at radius 1 is 0.474 bits per heavy atom. The molecule has 0 spiro atoms. The third-order valence-corrected chi connectivity index (χ3v) is 6.94. The zero-order valence-corrected chi connectivity index (χ0v) is 20.7. The minimum absolute atomic E-state index is 0.771. The van der Waals surface area contributed by atoms with Gasteiger partial charge in [0.25, 0.3) is 0 Å². The van der Waals surface area contributed by atoms with E-state index in [2.05, 4.69) is 113 Å². The second kappa shape index (κ2) is 9.38. The second-order valence-electron chi connectivity index (χ2n) is 9.27. The summed E-state index contributed by atoms with van der Waals surface area (Å²) in [6.07, 6.45) is 1.86. The van der Waals surface area contributed by atoms with Gasteiger partial charge in [0.05, 0.1) is 5.69 Å². The van der Waals surface area contributed by atoms with E-state index < -0.39 is 0 Å². The van der Waals surface area contributed by atoms with Gasteiger partial charge in [-0.3, -0.25) is 4.98 Å². The molecule has 0 saturated heterocycles. The quantitative estimate of drug-likeness (QED) is 0.241. The van der Waals surface area contributed by atoms with Crippen molar-refractivity contribution >= 4 is 39.1 Å². The Bertz CT molecular complexity index is 1760. The molecule has 0 N–H and O–H groups in total. The van der Waals surface area contributed by atoms with E-state index in [4.69, 9.17) is 4.42 Å². The van der Waals surface area contributed by atoms with Crippen LogP contribution in [0.2, 0.25) is 0 Å². The van der Waals surface area contributed by atoms with Crippen molar-refractivity contribution in [2.24, 2.45) is 0 Å². The topological polar surface area (TPSA) is 29.3 Å². The largest absolute Gasteiger partial charge is 0.452 e. The van der Waals surface area contributed by atoms with Gasteiger partial charge < -0.3 is 9.32 Å². The van der Waals surface area contributed by atoms with E-state index in [1.807, 2.05) is 42.6 Å². The summed E-state index contributed by atoms with van der Waals surface area (Å²) in [5.74, 6) is 0. The minimum atomic E-state index is 0.771. The standard InChI is InChI=1S/C35H24N2O/c1-3-9-25(10-4-1)27-15-19-29(20-16-27)37(30-21-17-28(18-22-30)26-11-5-2-6-12-26)32-23-24-36-34-31-13-7-8-14-33(31)38-35(32)34/h1-24H. The lowest BCUT2D eigenvalue weighted by atomic mass is 10.0. The number of pyridine rings is 1. The first kappa shape index (κ1) is 22.1. The second-order valence-corrected chi connectivity index (χ2v) is 9.27. The Kier molecular flexibility index (Phi) is 5.45. The average Bonchev–Trinajstić information content (AvgIpc) is 3.39. The molecule has 3 nitrogen and oxygen atoms in total. The van der Waals surface area contributed by atoms with Crippen molar-refractivity contribution in [1.82, 2.24) is 4.98 Å². The maximum Gasteiger partial charge on any atom is 0.177 e. The molecule has 2 heterocycles.